The molecule has 118 valence electrons. The van der Waals surface area contributed by atoms with Gasteiger partial charge < -0.3 is 15.0 Å². The fourth-order valence-corrected chi connectivity index (χ4v) is 2.86. The highest BCUT2D eigenvalue weighted by Crippen LogP contribution is 2.36. The zero-order valence-electron chi connectivity index (χ0n) is 13.4. The molecule has 0 amide bonds. The van der Waals surface area contributed by atoms with Crippen molar-refractivity contribution in [2.75, 3.05) is 31.7 Å². The maximum absolute atomic E-state index is 6.52. The molecule has 2 rings (SSSR count). The van der Waals surface area contributed by atoms with E-state index in [0.29, 0.717) is 6.04 Å². The Kier molecular flexibility index (Phi) is 6.34. The number of nitrogens with one attached hydrogen (secondary N) is 1. The van der Waals surface area contributed by atoms with Crippen molar-refractivity contribution in [2.24, 2.45) is 5.92 Å². The predicted molar refractivity (Wildman–Crippen MR) is 90.2 cm³/mol. The first-order valence-electron chi connectivity index (χ1n) is 7.87. The molecule has 1 saturated carbocycles. The van der Waals surface area contributed by atoms with E-state index in [1.54, 1.807) is 7.11 Å². The third-order valence-corrected chi connectivity index (χ3v) is 4.24. The van der Waals surface area contributed by atoms with Gasteiger partial charge in [-0.05, 0) is 44.2 Å². The second kappa shape index (κ2) is 8.02. The standard InChI is InChI=1S/C17H27ClN2O/c1-13(2)20(12-14-7-8-14)17-15(5-4-6-16(17)18)11-19-9-10-21-3/h4-6,13-14,19H,7-12H2,1-3H3. The normalized spacial score (nSPS) is 14.7. The van der Waals surface area contributed by atoms with E-state index in [9.17, 15) is 0 Å². The molecule has 21 heavy (non-hydrogen) atoms. The van der Waals surface area contributed by atoms with Crippen molar-refractivity contribution in [1.29, 1.82) is 0 Å². The number of para-hydroxylation sites is 1. The molecule has 0 aromatic heterocycles. The van der Waals surface area contributed by atoms with E-state index < -0.39 is 0 Å². The van der Waals surface area contributed by atoms with Crippen LogP contribution in [0.1, 0.15) is 32.3 Å². The van der Waals surface area contributed by atoms with Crippen LogP contribution < -0.4 is 10.2 Å². The second-order valence-corrected chi connectivity index (χ2v) is 6.51. The largest absolute Gasteiger partial charge is 0.383 e. The van der Waals surface area contributed by atoms with Gasteiger partial charge in [0.15, 0.2) is 0 Å². The van der Waals surface area contributed by atoms with Crippen LogP contribution in [-0.4, -0.2) is 32.8 Å². The molecule has 0 unspecified atom stereocenters. The maximum Gasteiger partial charge on any atom is 0.0643 e. The third kappa shape index (κ3) is 4.87. The molecule has 0 bridgehead atoms. The fourth-order valence-electron chi connectivity index (χ4n) is 2.56. The number of ether oxygens (including phenoxy) is 1. The molecule has 1 aromatic carbocycles. The first-order valence-corrected chi connectivity index (χ1v) is 8.25. The zero-order valence-corrected chi connectivity index (χ0v) is 14.1. The van der Waals surface area contributed by atoms with Crippen LogP contribution in [0.15, 0.2) is 18.2 Å². The summed E-state index contributed by atoms with van der Waals surface area (Å²) in [7, 11) is 1.72. The molecule has 1 aromatic rings. The monoisotopic (exact) mass is 310 g/mol. The van der Waals surface area contributed by atoms with Crippen molar-refractivity contribution in [3.8, 4) is 0 Å². The lowest BCUT2D eigenvalue weighted by Gasteiger charge is -2.32. The summed E-state index contributed by atoms with van der Waals surface area (Å²) in [4.78, 5) is 2.47. The molecule has 0 radical (unpaired) electrons. The molecule has 0 aliphatic heterocycles. The first kappa shape index (κ1) is 16.6. The van der Waals surface area contributed by atoms with Crippen molar-refractivity contribution in [3.05, 3.63) is 28.8 Å². The lowest BCUT2D eigenvalue weighted by atomic mass is 10.1. The molecule has 4 heteroatoms. The topological polar surface area (TPSA) is 24.5 Å². The lowest BCUT2D eigenvalue weighted by Crippen LogP contribution is -2.34. The van der Waals surface area contributed by atoms with E-state index in [1.165, 1.54) is 24.1 Å². The van der Waals surface area contributed by atoms with E-state index >= 15 is 0 Å². The molecule has 0 heterocycles. The molecular weight excluding hydrogens is 284 g/mol. The summed E-state index contributed by atoms with van der Waals surface area (Å²) < 4.78 is 5.08. The highest BCUT2D eigenvalue weighted by Gasteiger charge is 2.27. The Morgan fingerprint density at radius 3 is 2.76 bits per heavy atom. The van der Waals surface area contributed by atoms with Gasteiger partial charge in [-0.15, -0.1) is 0 Å². The van der Waals surface area contributed by atoms with Crippen LogP contribution in [0.25, 0.3) is 0 Å². The summed E-state index contributed by atoms with van der Waals surface area (Å²) in [6, 6.07) is 6.67. The van der Waals surface area contributed by atoms with Crippen molar-refractivity contribution in [3.63, 3.8) is 0 Å². The quantitative estimate of drug-likeness (QED) is 0.704. The number of hydrogen-bond acceptors (Lipinski definition) is 3. The summed E-state index contributed by atoms with van der Waals surface area (Å²) in [5.41, 5.74) is 2.47. The molecule has 0 atom stereocenters. The number of halogens is 1. The van der Waals surface area contributed by atoms with Gasteiger partial charge in [-0.2, -0.15) is 0 Å². The van der Waals surface area contributed by atoms with Gasteiger partial charge >= 0.3 is 0 Å². The molecule has 3 nitrogen and oxygen atoms in total. The van der Waals surface area contributed by atoms with Crippen LogP contribution in [0, 0.1) is 5.92 Å². The minimum atomic E-state index is 0.461. The van der Waals surface area contributed by atoms with Gasteiger partial charge in [-0.25, -0.2) is 0 Å². The summed E-state index contributed by atoms with van der Waals surface area (Å²) in [6.45, 7) is 8.01. The average molecular weight is 311 g/mol. The zero-order chi connectivity index (χ0) is 15.2. The Hall–Kier alpha value is -0.770. The van der Waals surface area contributed by atoms with Gasteiger partial charge in [0.25, 0.3) is 0 Å². The summed E-state index contributed by atoms with van der Waals surface area (Å²) >= 11 is 6.52. The van der Waals surface area contributed by atoms with Crippen LogP contribution >= 0.6 is 11.6 Å². The molecular formula is C17H27ClN2O. The van der Waals surface area contributed by atoms with Gasteiger partial charge in [-0.1, -0.05) is 23.7 Å². The van der Waals surface area contributed by atoms with Gasteiger partial charge in [0.1, 0.15) is 0 Å². The van der Waals surface area contributed by atoms with Crippen LogP contribution in [-0.2, 0) is 11.3 Å². The summed E-state index contributed by atoms with van der Waals surface area (Å²) in [6.07, 6.45) is 2.71. The Morgan fingerprint density at radius 2 is 2.14 bits per heavy atom. The Morgan fingerprint density at radius 1 is 1.38 bits per heavy atom. The fraction of sp³-hybridized carbons (Fsp3) is 0.647. The third-order valence-electron chi connectivity index (χ3n) is 3.93. The predicted octanol–water partition coefficient (Wildman–Crippen LogP) is 3.70. The number of hydrogen-bond donors (Lipinski definition) is 1. The second-order valence-electron chi connectivity index (χ2n) is 6.11. The van der Waals surface area contributed by atoms with Crippen LogP contribution in [0.4, 0.5) is 5.69 Å². The maximum atomic E-state index is 6.52. The van der Waals surface area contributed by atoms with Gasteiger partial charge in [0.05, 0.1) is 17.3 Å². The molecule has 1 aliphatic rings. The van der Waals surface area contributed by atoms with E-state index in [4.69, 9.17) is 16.3 Å². The summed E-state index contributed by atoms with van der Waals surface area (Å²) in [5.74, 6) is 0.845. The number of benzene rings is 1. The van der Waals surface area contributed by atoms with Crippen LogP contribution in [0.2, 0.25) is 5.02 Å². The van der Waals surface area contributed by atoms with E-state index in [2.05, 4.69) is 30.1 Å². The first-order chi connectivity index (χ1) is 10.1. The number of methoxy groups -OCH3 is 1. The average Bonchev–Trinajstić information content (AvgIpc) is 3.26. The minimum absolute atomic E-state index is 0.461. The van der Waals surface area contributed by atoms with Gasteiger partial charge in [0, 0.05) is 32.8 Å². The lowest BCUT2D eigenvalue weighted by molar-refractivity contribution is 0.199. The van der Waals surface area contributed by atoms with Gasteiger partial charge in [-0.3, -0.25) is 0 Å². The van der Waals surface area contributed by atoms with Crippen LogP contribution in [0.5, 0.6) is 0 Å². The van der Waals surface area contributed by atoms with Crippen molar-refractivity contribution >= 4 is 17.3 Å². The Balaban J connectivity index is 2.13. The van der Waals surface area contributed by atoms with Crippen molar-refractivity contribution in [1.82, 2.24) is 5.32 Å². The molecule has 1 N–H and O–H groups in total. The van der Waals surface area contributed by atoms with Crippen molar-refractivity contribution in [2.45, 2.75) is 39.3 Å². The smallest absolute Gasteiger partial charge is 0.0643 e. The molecule has 0 spiro atoms. The van der Waals surface area contributed by atoms with E-state index in [-0.39, 0.29) is 0 Å². The number of rotatable bonds is 9. The molecule has 0 saturated heterocycles. The SMILES string of the molecule is COCCNCc1cccc(Cl)c1N(CC1CC1)C(C)C. The number of nitrogens with zero attached hydrogens (tertiary/aromatic N) is 1. The highest BCUT2D eigenvalue weighted by atomic mass is 35.5. The highest BCUT2D eigenvalue weighted by molar-refractivity contribution is 6.33. The van der Waals surface area contributed by atoms with E-state index in [1.807, 2.05) is 12.1 Å². The minimum Gasteiger partial charge on any atom is -0.383 e. The molecule has 1 aliphatic carbocycles. The number of anilines is 1. The van der Waals surface area contributed by atoms with Crippen molar-refractivity contribution < 1.29 is 4.74 Å². The van der Waals surface area contributed by atoms with Crippen LogP contribution in [0.3, 0.4) is 0 Å². The molecule has 1 fully saturated rings. The summed E-state index contributed by atoms with van der Waals surface area (Å²) in [5, 5.41) is 4.28. The van der Waals surface area contributed by atoms with E-state index in [0.717, 1.165) is 37.2 Å². The van der Waals surface area contributed by atoms with Gasteiger partial charge in [0.2, 0.25) is 0 Å². The Bertz CT molecular complexity index is 446. The Labute approximate surface area is 133 Å².